The molecule has 0 spiro atoms. The summed E-state index contributed by atoms with van der Waals surface area (Å²) in [6.07, 6.45) is 3.09. The Morgan fingerprint density at radius 2 is 2.00 bits per heavy atom. The van der Waals surface area contributed by atoms with Crippen LogP contribution in [0.2, 0.25) is 0 Å². The van der Waals surface area contributed by atoms with E-state index >= 15 is 0 Å². The average molecular weight is 235 g/mol. The molecule has 0 bridgehead atoms. The average Bonchev–Trinajstić information content (AvgIpc) is 2.35. The van der Waals surface area contributed by atoms with E-state index in [1.165, 1.54) is 6.08 Å². The summed E-state index contributed by atoms with van der Waals surface area (Å²) in [7, 11) is 0. The lowest BCUT2D eigenvalue weighted by atomic mass is 10.1. The van der Waals surface area contributed by atoms with Crippen molar-refractivity contribution in [3.63, 3.8) is 0 Å². The minimum atomic E-state index is -0.607. The van der Waals surface area contributed by atoms with E-state index in [1.54, 1.807) is 6.08 Å². The quantitative estimate of drug-likeness (QED) is 0.650. The Bertz CT molecular complexity index is 397. The first-order valence-corrected chi connectivity index (χ1v) is 5.43. The first-order valence-electron chi connectivity index (χ1n) is 5.43. The van der Waals surface area contributed by atoms with E-state index in [9.17, 15) is 4.79 Å². The monoisotopic (exact) mass is 235 g/mol. The largest absolute Gasteiger partial charge is 0.394 e. The number of rotatable bonds is 5. The second-order valence-electron chi connectivity index (χ2n) is 3.76. The first kappa shape index (κ1) is 13.4. The number of hydrogen-bond donors (Lipinski definition) is 3. The third kappa shape index (κ3) is 4.38. The van der Waals surface area contributed by atoms with Gasteiger partial charge in [0.15, 0.2) is 0 Å². The highest BCUT2D eigenvalue weighted by atomic mass is 16.3. The highest BCUT2D eigenvalue weighted by Gasteiger charge is 2.06. The number of aliphatic hydroxyl groups is 2. The van der Waals surface area contributed by atoms with Crippen molar-refractivity contribution >= 4 is 12.0 Å². The summed E-state index contributed by atoms with van der Waals surface area (Å²) in [5.74, 6) is -0.332. The molecule has 0 fully saturated rings. The normalized spacial score (nSPS) is 11.1. The van der Waals surface area contributed by atoms with Crippen LogP contribution in [-0.4, -0.2) is 35.4 Å². The molecule has 1 amide bonds. The second-order valence-corrected chi connectivity index (χ2v) is 3.76. The van der Waals surface area contributed by atoms with Gasteiger partial charge in [0.2, 0.25) is 5.91 Å². The maximum Gasteiger partial charge on any atom is 0.244 e. The van der Waals surface area contributed by atoms with Crippen molar-refractivity contribution in [3.05, 3.63) is 41.5 Å². The molecular weight excluding hydrogens is 218 g/mol. The molecule has 92 valence electrons. The zero-order chi connectivity index (χ0) is 12.7. The van der Waals surface area contributed by atoms with E-state index in [0.29, 0.717) is 0 Å². The lowest BCUT2D eigenvalue weighted by molar-refractivity contribution is -0.117. The SMILES string of the molecule is Cc1ccccc1C=CC(=O)NC(CO)CO. The number of amides is 1. The van der Waals surface area contributed by atoms with E-state index in [2.05, 4.69) is 5.32 Å². The minimum Gasteiger partial charge on any atom is -0.394 e. The fraction of sp³-hybridized carbons (Fsp3) is 0.308. The molecule has 0 aliphatic rings. The third-order valence-corrected chi connectivity index (χ3v) is 2.39. The Balaban J connectivity index is 2.60. The molecule has 0 aliphatic carbocycles. The molecule has 4 nitrogen and oxygen atoms in total. The standard InChI is InChI=1S/C13H17NO3/c1-10-4-2-3-5-11(10)6-7-13(17)14-12(8-15)9-16/h2-7,12,15-16H,8-9H2,1H3,(H,14,17). The highest BCUT2D eigenvalue weighted by Crippen LogP contribution is 2.08. The molecule has 4 heteroatoms. The molecule has 3 N–H and O–H groups in total. The lowest BCUT2D eigenvalue weighted by Gasteiger charge is -2.11. The van der Waals surface area contributed by atoms with Crippen LogP contribution < -0.4 is 5.32 Å². The molecule has 0 aliphatic heterocycles. The first-order chi connectivity index (χ1) is 8.17. The van der Waals surface area contributed by atoms with Gasteiger partial charge >= 0.3 is 0 Å². The van der Waals surface area contributed by atoms with Crippen LogP contribution in [0.1, 0.15) is 11.1 Å². The van der Waals surface area contributed by atoms with Gasteiger partial charge in [0, 0.05) is 6.08 Å². The molecule has 1 rings (SSSR count). The van der Waals surface area contributed by atoms with E-state index in [-0.39, 0.29) is 19.1 Å². The van der Waals surface area contributed by atoms with Crippen LogP contribution in [0, 0.1) is 6.92 Å². The zero-order valence-electron chi connectivity index (χ0n) is 9.76. The maximum atomic E-state index is 11.4. The minimum absolute atomic E-state index is 0.277. The molecule has 0 atom stereocenters. The van der Waals surface area contributed by atoms with Crippen LogP contribution in [0.5, 0.6) is 0 Å². The summed E-state index contributed by atoms with van der Waals surface area (Å²) in [6.45, 7) is 1.41. The summed E-state index contributed by atoms with van der Waals surface area (Å²) >= 11 is 0. The van der Waals surface area contributed by atoms with Crippen molar-refractivity contribution in [1.82, 2.24) is 5.32 Å². The molecular formula is C13H17NO3. The van der Waals surface area contributed by atoms with Crippen LogP contribution >= 0.6 is 0 Å². The van der Waals surface area contributed by atoms with Gasteiger partial charge in [-0.2, -0.15) is 0 Å². The molecule has 0 saturated carbocycles. The predicted molar refractivity (Wildman–Crippen MR) is 66.3 cm³/mol. The number of aryl methyl sites for hydroxylation is 1. The van der Waals surface area contributed by atoms with Gasteiger partial charge in [-0.25, -0.2) is 0 Å². The third-order valence-electron chi connectivity index (χ3n) is 2.39. The van der Waals surface area contributed by atoms with E-state index < -0.39 is 6.04 Å². The topological polar surface area (TPSA) is 69.6 Å². The predicted octanol–water partition coefficient (Wildman–Crippen LogP) is 0.478. The van der Waals surface area contributed by atoms with Gasteiger partial charge in [-0.3, -0.25) is 4.79 Å². The molecule has 0 saturated heterocycles. The van der Waals surface area contributed by atoms with Crippen LogP contribution in [0.15, 0.2) is 30.3 Å². The maximum absolute atomic E-state index is 11.4. The second kappa shape index (κ2) is 6.83. The smallest absolute Gasteiger partial charge is 0.244 e. The van der Waals surface area contributed by atoms with E-state index in [4.69, 9.17) is 10.2 Å². The van der Waals surface area contributed by atoms with Crippen molar-refractivity contribution in [3.8, 4) is 0 Å². The Kier molecular flexibility index (Phi) is 5.39. The summed E-state index contributed by atoms with van der Waals surface area (Å²) in [4.78, 5) is 11.4. The highest BCUT2D eigenvalue weighted by molar-refractivity contribution is 5.92. The molecule has 17 heavy (non-hydrogen) atoms. The van der Waals surface area contributed by atoms with Gasteiger partial charge in [-0.15, -0.1) is 0 Å². The van der Waals surface area contributed by atoms with E-state index in [1.807, 2.05) is 31.2 Å². The Morgan fingerprint density at radius 1 is 1.35 bits per heavy atom. The fourth-order valence-corrected chi connectivity index (χ4v) is 1.34. The van der Waals surface area contributed by atoms with Crippen molar-refractivity contribution in [1.29, 1.82) is 0 Å². The molecule has 0 aromatic heterocycles. The molecule has 0 unspecified atom stereocenters. The Labute approximate surface area is 101 Å². The molecule has 0 radical (unpaired) electrons. The zero-order valence-corrected chi connectivity index (χ0v) is 9.76. The van der Waals surface area contributed by atoms with Crippen molar-refractivity contribution in [2.24, 2.45) is 0 Å². The van der Waals surface area contributed by atoms with Gasteiger partial charge in [0.05, 0.1) is 19.3 Å². The number of aliphatic hydroxyl groups excluding tert-OH is 2. The summed E-state index contributed by atoms with van der Waals surface area (Å²) in [5, 5.41) is 20.1. The molecule has 1 aromatic rings. The van der Waals surface area contributed by atoms with Crippen LogP contribution in [-0.2, 0) is 4.79 Å². The van der Waals surface area contributed by atoms with Gasteiger partial charge < -0.3 is 15.5 Å². The molecule has 1 aromatic carbocycles. The van der Waals surface area contributed by atoms with Crippen molar-refractivity contribution in [2.75, 3.05) is 13.2 Å². The number of nitrogens with one attached hydrogen (secondary N) is 1. The van der Waals surface area contributed by atoms with Crippen molar-refractivity contribution in [2.45, 2.75) is 13.0 Å². The van der Waals surface area contributed by atoms with Crippen LogP contribution in [0.3, 0.4) is 0 Å². The van der Waals surface area contributed by atoms with Crippen LogP contribution in [0.4, 0.5) is 0 Å². The van der Waals surface area contributed by atoms with Crippen LogP contribution in [0.25, 0.3) is 6.08 Å². The summed E-state index contributed by atoms with van der Waals surface area (Å²) in [5.41, 5.74) is 2.05. The number of carbonyl (C=O) groups excluding carboxylic acids is 1. The van der Waals surface area contributed by atoms with Crippen molar-refractivity contribution < 1.29 is 15.0 Å². The van der Waals surface area contributed by atoms with Gasteiger partial charge in [0.1, 0.15) is 0 Å². The number of benzene rings is 1. The van der Waals surface area contributed by atoms with E-state index in [0.717, 1.165) is 11.1 Å². The summed E-state index contributed by atoms with van der Waals surface area (Å²) < 4.78 is 0. The lowest BCUT2D eigenvalue weighted by Crippen LogP contribution is -2.39. The Hall–Kier alpha value is -1.65. The fourth-order valence-electron chi connectivity index (χ4n) is 1.34. The summed E-state index contributed by atoms with van der Waals surface area (Å²) in [6, 6.07) is 7.09. The Morgan fingerprint density at radius 3 is 2.59 bits per heavy atom. The van der Waals surface area contributed by atoms with Gasteiger partial charge in [0.25, 0.3) is 0 Å². The van der Waals surface area contributed by atoms with Gasteiger partial charge in [-0.1, -0.05) is 24.3 Å². The molecule has 0 heterocycles. The van der Waals surface area contributed by atoms with Gasteiger partial charge in [-0.05, 0) is 24.1 Å². The number of carbonyl (C=O) groups is 1. The number of hydrogen-bond acceptors (Lipinski definition) is 3.